The number of anilines is 1. The van der Waals surface area contributed by atoms with Gasteiger partial charge in [-0.05, 0) is 56.5 Å². The van der Waals surface area contributed by atoms with Crippen LogP contribution >= 0.6 is 0 Å². The van der Waals surface area contributed by atoms with Crippen LogP contribution < -0.4 is 10.1 Å². The zero-order valence-electron chi connectivity index (χ0n) is 16.9. The van der Waals surface area contributed by atoms with Crippen molar-refractivity contribution in [3.63, 3.8) is 0 Å². The second kappa shape index (κ2) is 9.41. The van der Waals surface area contributed by atoms with Crippen LogP contribution in [0, 0.1) is 5.92 Å². The molecule has 7 heteroatoms. The molecule has 0 aliphatic carbocycles. The molecule has 0 unspecified atom stereocenters. The minimum atomic E-state index is -3.37. The molecule has 3 rings (SSSR count). The van der Waals surface area contributed by atoms with Gasteiger partial charge in [0.15, 0.2) is 0 Å². The van der Waals surface area contributed by atoms with Crippen LogP contribution in [0.15, 0.2) is 54.6 Å². The normalized spacial score (nSPS) is 16.0. The monoisotopic (exact) mass is 416 g/mol. The Balaban J connectivity index is 1.51. The number of sulfonamides is 1. The molecule has 0 bridgehead atoms. The lowest BCUT2D eigenvalue weighted by Gasteiger charge is -2.30. The first-order valence-electron chi connectivity index (χ1n) is 9.93. The smallest absolute Gasteiger partial charge is 0.227 e. The van der Waals surface area contributed by atoms with Crippen LogP contribution in [0.25, 0.3) is 0 Å². The second-order valence-electron chi connectivity index (χ2n) is 7.60. The van der Waals surface area contributed by atoms with Crippen molar-refractivity contribution in [3.05, 3.63) is 60.2 Å². The average Bonchev–Trinajstić information content (AvgIpc) is 2.69. The van der Waals surface area contributed by atoms with E-state index in [4.69, 9.17) is 4.74 Å². The zero-order valence-corrected chi connectivity index (χ0v) is 17.7. The topological polar surface area (TPSA) is 75.7 Å². The highest BCUT2D eigenvalue weighted by Gasteiger charge is 2.31. The van der Waals surface area contributed by atoms with Crippen LogP contribution in [0.2, 0.25) is 0 Å². The summed E-state index contributed by atoms with van der Waals surface area (Å²) in [4.78, 5) is 12.6. The number of nitrogens with zero attached hydrogens (tertiary/aromatic N) is 1. The predicted molar refractivity (Wildman–Crippen MR) is 114 cm³/mol. The van der Waals surface area contributed by atoms with E-state index in [9.17, 15) is 13.2 Å². The average molecular weight is 417 g/mol. The number of ether oxygens (including phenoxy) is 1. The maximum atomic E-state index is 12.6. The van der Waals surface area contributed by atoms with Gasteiger partial charge >= 0.3 is 0 Å². The summed E-state index contributed by atoms with van der Waals surface area (Å²) in [5.41, 5.74) is 1.49. The molecule has 1 aliphatic rings. The van der Waals surface area contributed by atoms with Gasteiger partial charge in [0.05, 0.1) is 11.9 Å². The molecule has 0 atom stereocenters. The highest BCUT2D eigenvalue weighted by atomic mass is 32.2. The van der Waals surface area contributed by atoms with Crippen molar-refractivity contribution in [1.29, 1.82) is 0 Å². The van der Waals surface area contributed by atoms with Crippen molar-refractivity contribution in [2.24, 2.45) is 5.92 Å². The number of hydrogen-bond acceptors (Lipinski definition) is 4. The van der Waals surface area contributed by atoms with Crippen LogP contribution in [0.4, 0.5) is 5.69 Å². The number of carbonyl (C=O) groups is 1. The molecule has 0 spiro atoms. The summed E-state index contributed by atoms with van der Waals surface area (Å²) in [5, 5.41) is 2.92. The van der Waals surface area contributed by atoms with E-state index in [0.717, 1.165) is 11.3 Å². The summed E-state index contributed by atoms with van der Waals surface area (Å²) in [6, 6.07) is 16.5. The Hall–Kier alpha value is -2.38. The van der Waals surface area contributed by atoms with Crippen molar-refractivity contribution in [2.45, 2.75) is 38.5 Å². The number of nitrogens with one attached hydrogen (secondary N) is 1. The number of piperidine rings is 1. The maximum absolute atomic E-state index is 12.6. The van der Waals surface area contributed by atoms with Crippen LogP contribution in [-0.4, -0.2) is 37.8 Å². The fourth-order valence-corrected chi connectivity index (χ4v) is 4.97. The number of carbonyl (C=O) groups excluding carboxylic acids is 1. The first kappa shape index (κ1) is 21.3. The summed E-state index contributed by atoms with van der Waals surface area (Å²) < 4.78 is 32.4. The predicted octanol–water partition coefficient (Wildman–Crippen LogP) is 3.65. The van der Waals surface area contributed by atoms with Gasteiger partial charge < -0.3 is 10.1 Å². The van der Waals surface area contributed by atoms with Crippen LogP contribution in [0.1, 0.15) is 32.3 Å². The molecule has 2 aromatic rings. The summed E-state index contributed by atoms with van der Waals surface area (Å²) in [6.07, 6.45) is 1.14. The first-order valence-corrected chi connectivity index (χ1v) is 11.5. The summed E-state index contributed by atoms with van der Waals surface area (Å²) in [6.45, 7) is 4.66. The summed E-state index contributed by atoms with van der Waals surface area (Å²) in [5.74, 6) is 0.498. The van der Waals surface area contributed by atoms with Crippen molar-refractivity contribution < 1.29 is 17.9 Å². The standard InChI is InChI=1S/C22H28N2O4S/c1-17(2)28-21-10-8-20(9-11-21)23-22(25)19-12-14-24(15-13-19)29(26,27)16-18-6-4-3-5-7-18/h3-11,17,19H,12-16H2,1-2H3,(H,23,25). The van der Waals surface area contributed by atoms with E-state index in [-0.39, 0.29) is 23.7 Å². The Morgan fingerprint density at radius 3 is 2.28 bits per heavy atom. The van der Waals surface area contributed by atoms with E-state index in [1.54, 1.807) is 0 Å². The van der Waals surface area contributed by atoms with Crippen molar-refractivity contribution in [2.75, 3.05) is 18.4 Å². The minimum absolute atomic E-state index is 0.00446. The molecule has 1 aliphatic heterocycles. The van der Waals surface area contributed by atoms with E-state index in [1.165, 1.54) is 4.31 Å². The van der Waals surface area contributed by atoms with Crippen LogP contribution in [0.5, 0.6) is 5.75 Å². The molecule has 1 N–H and O–H groups in total. The second-order valence-corrected chi connectivity index (χ2v) is 9.56. The Morgan fingerprint density at radius 1 is 1.07 bits per heavy atom. The third kappa shape index (κ3) is 6.05. The fourth-order valence-electron chi connectivity index (χ4n) is 3.41. The van der Waals surface area contributed by atoms with Crippen molar-refractivity contribution in [3.8, 4) is 5.75 Å². The Labute approximate surface area is 172 Å². The summed E-state index contributed by atoms with van der Waals surface area (Å²) >= 11 is 0. The van der Waals surface area contributed by atoms with Gasteiger partial charge in [-0.2, -0.15) is 0 Å². The van der Waals surface area contributed by atoms with Gasteiger partial charge in [-0.25, -0.2) is 12.7 Å². The fraction of sp³-hybridized carbons (Fsp3) is 0.409. The molecule has 29 heavy (non-hydrogen) atoms. The van der Waals surface area contributed by atoms with Gasteiger partial charge in [0.25, 0.3) is 0 Å². The largest absolute Gasteiger partial charge is 0.491 e. The van der Waals surface area contributed by atoms with Crippen molar-refractivity contribution in [1.82, 2.24) is 4.31 Å². The molecule has 0 aromatic heterocycles. The molecule has 1 fully saturated rings. The highest BCUT2D eigenvalue weighted by molar-refractivity contribution is 7.88. The number of benzene rings is 2. The highest BCUT2D eigenvalue weighted by Crippen LogP contribution is 2.24. The van der Waals surface area contributed by atoms with Crippen LogP contribution in [-0.2, 0) is 20.6 Å². The van der Waals surface area contributed by atoms with E-state index in [2.05, 4.69) is 5.32 Å². The van der Waals surface area contributed by atoms with E-state index < -0.39 is 10.0 Å². The molecule has 1 amide bonds. The Kier molecular flexibility index (Phi) is 6.92. The SMILES string of the molecule is CC(C)Oc1ccc(NC(=O)C2CCN(S(=O)(=O)Cc3ccccc3)CC2)cc1. The number of rotatable bonds is 7. The van der Waals surface area contributed by atoms with E-state index in [1.807, 2.05) is 68.4 Å². The third-order valence-electron chi connectivity index (χ3n) is 4.90. The quantitative estimate of drug-likeness (QED) is 0.747. The molecule has 6 nitrogen and oxygen atoms in total. The van der Waals surface area contributed by atoms with E-state index in [0.29, 0.717) is 31.6 Å². The molecule has 156 valence electrons. The Bertz CT molecular complexity index is 904. The number of amides is 1. The molecule has 0 radical (unpaired) electrons. The van der Waals surface area contributed by atoms with Crippen molar-refractivity contribution >= 4 is 21.6 Å². The molecule has 1 heterocycles. The summed E-state index contributed by atoms with van der Waals surface area (Å²) in [7, 11) is -3.37. The van der Waals surface area contributed by atoms with Crippen LogP contribution in [0.3, 0.4) is 0 Å². The zero-order chi connectivity index (χ0) is 20.9. The lowest BCUT2D eigenvalue weighted by Crippen LogP contribution is -2.41. The van der Waals surface area contributed by atoms with Gasteiger partial charge in [0, 0.05) is 24.7 Å². The lowest BCUT2D eigenvalue weighted by molar-refractivity contribution is -0.120. The first-order chi connectivity index (χ1) is 13.8. The molecular formula is C22H28N2O4S. The minimum Gasteiger partial charge on any atom is -0.491 e. The Morgan fingerprint density at radius 2 is 1.69 bits per heavy atom. The van der Waals surface area contributed by atoms with Gasteiger partial charge in [-0.3, -0.25) is 4.79 Å². The van der Waals surface area contributed by atoms with Gasteiger partial charge in [0.1, 0.15) is 5.75 Å². The van der Waals surface area contributed by atoms with Gasteiger partial charge in [0.2, 0.25) is 15.9 Å². The van der Waals surface area contributed by atoms with Gasteiger partial charge in [-0.15, -0.1) is 0 Å². The molecule has 2 aromatic carbocycles. The molecule has 1 saturated heterocycles. The van der Waals surface area contributed by atoms with E-state index >= 15 is 0 Å². The van der Waals surface area contributed by atoms with Gasteiger partial charge in [-0.1, -0.05) is 30.3 Å². The molecule has 0 saturated carbocycles. The maximum Gasteiger partial charge on any atom is 0.227 e. The third-order valence-corrected chi connectivity index (χ3v) is 6.75. The lowest BCUT2D eigenvalue weighted by atomic mass is 9.97. The number of hydrogen-bond donors (Lipinski definition) is 1. The molecular weight excluding hydrogens is 388 g/mol.